The molecule has 0 amide bonds. The monoisotopic (exact) mass is 280 g/mol. The van der Waals surface area contributed by atoms with E-state index >= 15 is 0 Å². The van der Waals surface area contributed by atoms with Gasteiger partial charge in [0.05, 0.1) is 6.54 Å². The van der Waals surface area contributed by atoms with Crippen molar-refractivity contribution >= 4 is 12.2 Å². The molecule has 1 heterocycles. The van der Waals surface area contributed by atoms with Crippen LogP contribution < -0.4 is 0 Å². The first-order chi connectivity index (χ1) is 9.86. The molecule has 0 spiro atoms. The van der Waals surface area contributed by atoms with Gasteiger partial charge in [-0.25, -0.2) is 9.59 Å². The maximum atomic E-state index is 10.1. The van der Waals surface area contributed by atoms with E-state index in [1.54, 1.807) is 0 Å². The fraction of sp³-hybridized carbons (Fsp3) is 0.857. The number of nitrogens with zero attached hydrogens (tertiary/aromatic N) is 4. The van der Waals surface area contributed by atoms with Crippen molar-refractivity contribution in [3.63, 3.8) is 0 Å². The smallest absolute Gasteiger partial charge is 0.260 e. The quantitative estimate of drug-likeness (QED) is 0.281. The number of unbranched alkanes of at least 4 members (excludes halogenated alkanes) is 3. The van der Waals surface area contributed by atoms with Gasteiger partial charge in [-0.3, -0.25) is 0 Å². The zero-order chi connectivity index (χ0) is 14.5. The van der Waals surface area contributed by atoms with Gasteiger partial charge in [0.25, 0.3) is 12.2 Å². The fourth-order valence-corrected chi connectivity index (χ4v) is 2.52. The van der Waals surface area contributed by atoms with Crippen molar-refractivity contribution in [1.29, 1.82) is 0 Å². The van der Waals surface area contributed by atoms with Crippen LogP contribution in [0.4, 0.5) is 0 Å². The molecule has 0 saturated carbocycles. The zero-order valence-corrected chi connectivity index (χ0v) is 12.1. The molecule has 0 N–H and O–H groups in total. The summed E-state index contributed by atoms with van der Waals surface area (Å²) in [6, 6.07) is 0. The molecule has 0 aliphatic carbocycles. The Bertz CT molecular complexity index is 323. The van der Waals surface area contributed by atoms with Crippen LogP contribution in [0.5, 0.6) is 0 Å². The summed E-state index contributed by atoms with van der Waals surface area (Å²) in [4.78, 5) is 22.8. The minimum atomic E-state index is 0.466. The highest BCUT2D eigenvalue weighted by atomic mass is 16.1. The van der Waals surface area contributed by atoms with E-state index in [0.717, 1.165) is 24.4 Å². The summed E-state index contributed by atoms with van der Waals surface area (Å²) < 4.78 is 0. The zero-order valence-electron chi connectivity index (χ0n) is 12.1. The Hall–Kier alpha value is -1.48. The second kappa shape index (κ2) is 11.4. The van der Waals surface area contributed by atoms with E-state index in [1.807, 2.05) is 0 Å². The van der Waals surface area contributed by atoms with E-state index in [-0.39, 0.29) is 0 Å². The first-order valence-corrected chi connectivity index (χ1v) is 7.52. The summed E-state index contributed by atoms with van der Waals surface area (Å²) in [6.45, 7) is 4.14. The number of hydrazone groups is 2. The van der Waals surface area contributed by atoms with Crippen molar-refractivity contribution in [3.05, 3.63) is 0 Å². The van der Waals surface area contributed by atoms with Crippen LogP contribution in [0.25, 0.3) is 0 Å². The minimum Gasteiger partial charge on any atom is -0.303 e. The van der Waals surface area contributed by atoms with Gasteiger partial charge < -0.3 is 4.90 Å². The molecule has 1 aliphatic rings. The van der Waals surface area contributed by atoms with Crippen molar-refractivity contribution < 1.29 is 9.59 Å². The largest absolute Gasteiger partial charge is 0.303 e. The van der Waals surface area contributed by atoms with Gasteiger partial charge in [-0.05, 0) is 45.3 Å². The highest BCUT2D eigenvalue weighted by Gasteiger charge is 2.07. The van der Waals surface area contributed by atoms with Gasteiger partial charge >= 0.3 is 0 Å². The second-order valence-electron chi connectivity index (χ2n) is 5.15. The Labute approximate surface area is 120 Å². The van der Waals surface area contributed by atoms with Crippen LogP contribution in [0.1, 0.15) is 51.4 Å². The van der Waals surface area contributed by atoms with Gasteiger partial charge in [0.1, 0.15) is 0 Å². The Kier molecular flexibility index (Phi) is 9.41. The summed E-state index contributed by atoms with van der Waals surface area (Å²) in [5.41, 5.74) is 0. The van der Waals surface area contributed by atoms with Crippen LogP contribution in [0.3, 0.4) is 0 Å². The molecule has 20 heavy (non-hydrogen) atoms. The van der Waals surface area contributed by atoms with Gasteiger partial charge in [-0.2, -0.15) is 5.12 Å². The normalized spacial score (nSPS) is 15.8. The van der Waals surface area contributed by atoms with Gasteiger partial charge in [-0.1, -0.05) is 35.9 Å². The van der Waals surface area contributed by atoms with Crippen molar-refractivity contribution in [2.75, 3.05) is 26.2 Å². The molecule has 0 radical (unpaired) electrons. The summed E-state index contributed by atoms with van der Waals surface area (Å²) in [5.74, 6) is 0. The van der Waals surface area contributed by atoms with Crippen molar-refractivity contribution in [3.8, 4) is 0 Å². The number of isocyanates is 2. The van der Waals surface area contributed by atoms with E-state index in [4.69, 9.17) is 0 Å². The van der Waals surface area contributed by atoms with Gasteiger partial charge in [0, 0.05) is 0 Å². The van der Waals surface area contributed by atoms with Gasteiger partial charge in [0.2, 0.25) is 0 Å². The number of likely N-dealkylation sites (tertiary alicyclic amines) is 1. The molecular formula is C14H24N4O2. The SMILES string of the molecule is O=C=NN(CCCCCCN1CCCCCC1)N=C=O. The van der Waals surface area contributed by atoms with Crippen molar-refractivity contribution in [2.45, 2.75) is 51.4 Å². The van der Waals surface area contributed by atoms with Crippen molar-refractivity contribution in [2.24, 2.45) is 10.2 Å². The van der Waals surface area contributed by atoms with Crippen LogP contribution >= 0.6 is 0 Å². The molecule has 0 aromatic carbocycles. The standard InChI is InChI=1S/C14H24N4O2/c19-13-15-18(16-14-20)12-8-4-3-7-11-17-9-5-1-2-6-10-17/h1-12H2. The van der Waals surface area contributed by atoms with Crippen LogP contribution in [-0.4, -0.2) is 48.4 Å². The molecule has 0 aromatic heterocycles. The predicted octanol–water partition coefficient (Wildman–Crippen LogP) is 2.23. The molecule has 1 fully saturated rings. The van der Waals surface area contributed by atoms with E-state index < -0.39 is 0 Å². The molecule has 0 atom stereocenters. The van der Waals surface area contributed by atoms with E-state index in [1.165, 1.54) is 63.9 Å². The Balaban J connectivity index is 2.03. The summed E-state index contributed by atoms with van der Waals surface area (Å²) in [6.07, 6.45) is 12.4. The van der Waals surface area contributed by atoms with Gasteiger partial charge in [-0.15, -0.1) is 0 Å². The molecule has 1 rings (SSSR count). The first kappa shape index (κ1) is 16.6. The Morgan fingerprint density at radius 2 is 1.45 bits per heavy atom. The minimum absolute atomic E-state index is 0.466. The molecule has 112 valence electrons. The van der Waals surface area contributed by atoms with Crippen LogP contribution in [0.15, 0.2) is 10.2 Å². The highest BCUT2D eigenvalue weighted by Crippen LogP contribution is 2.11. The molecule has 1 aliphatic heterocycles. The van der Waals surface area contributed by atoms with E-state index in [9.17, 15) is 9.59 Å². The third kappa shape index (κ3) is 7.85. The predicted molar refractivity (Wildman–Crippen MR) is 76.3 cm³/mol. The first-order valence-electron chi connectivity index (χ1n) is 7.52. The molecule has 6 heteroatoms. The maximum absolute atomic E-state index is 10.1. The average molecular weight is 280 g/mol. The Morgan fingerprint density at radius 3 is 2.05 bits per heavy atom. The number of hydrogen-bond donors (Lipinski definition) is 0. The molecule has 0 bridgehead atoms. The lowest BCUT2D eigenvalue weighted by atomic mass is 10.2. The topological polar surface area (TPSA) is 65.3 Å². The lowest BCUT2D eigenvalue weighted by Crippen LogP contribution is -2.25. The lowest BCUT2D eigenvalue weighted by molar-refractivity contribution is 0.270. The number of rotatable bonds is 9. The summed E-state index contributed by atoms with van der Waals surface area (Å²) >= 11 is 0. The molecule has 0 unspecified atom stereocenters. The Morgan fingerprint density at radius 1 is 0.850 bits per heavy atom. The van der Waals surface area contributed by atoms with Gasteiger partial charge in [0.15, 0.2) is 0 Å². The number of hydrogen-bond acceptors (Lipinski definition) is 6. The average Bonchev–Trinajstić information content (AvgIpc) is 2.71. The van der Waals surface area contributed by atoms with E-state index in [2.05, 4.69) is 15.1 Å². The van der Waals surface area contributed by atoms with Crippen LogP contribution in [0.2, 0.25) is 0 Å². The molecule has 6 nitrogen and oxygen atoms in total. The second-order valence-corrected chi connectivity index (χ2v) is 5.15. The third-order valence-electron chi connectivity index (χ3n) is 3.59. The van der Waals surface area contributed by atoms with Crippen LogP contribution in [-0.2, 0) is 9.59 Å². The molecule has 1 saturated heterocycles. The third-order valence-corrected chi connectivity index (χ3v) is 3.59. The van der Waals surface area contributed by atoms with E-state index in [0.29, 0.717) is 6.54 Å². The highest BCUT2D eigenvalue weighted by molar-refractivity contribution is 5.34. The lowest BCUT2D eigenvalue weighted by Gasteiger charge is -2.19. The molecular weight excluding hydrogens is 256 g/mol. The van der Waals surface area contributed by atoms with Crippen LogP contribution in [0, 0.1) is 0 Å². The summed E-state index contributed by atoms with van der Waals surface area (Å²) in [7, 11) is 0. The number of carbonyl (C=O) groups excluding carboxylic acids is 2. The maximum Gasteiger partial charge on any atom is 0.260 e. The molecule has 0 aromatic rings. The van der Waals surface area contributed by atoms with Crippen molar-refractivity contribution in [1.82, 2.24) is 10.0 Å². The summed E-state index contributed by atoms with van der Waals surface area (Å²) in [5, 5.41) is 7.66. The fourth-order valence-electron chi connectivity index (χ4n) is 2.52.